The third-order valence-corrected chi connectivity index (χ3v) is 6.32. The number of rotatable bonds is 5. The molecule has 0 aromatic rings. The van der Waals surface area contributed by atoms with Gasteiger partial charge in [0.1, 0.15) is 5.84 Å². The molecule has 2 aliphatic carbocycles. The van der Waals surface area contributed by atoms with Crippen LogP contribution in [0.4, 0.5) is 0 Å². The van der Waals surface area contributed by atoms with Gasteiger partial charge in [-0.25, -0.2) is 0 Å². The Hall–Kier alpha value is -3.62. The third-order valence-electron chi connectivity index (χ3n) is 6.32. The van der Waals surface area contributed by atoms with Crippen molar-refractivity contribution in [2.24, 2.45) is 33.5 Å². The van der Waals surface area contributed by atoms with Crippen LogP contribution in [0.3, 0.4) is 0 Å². The first-order chi connectivity index (χ1) is 15.9. The van der Waals surface area contributed by atoms with Crippen LogP contribution in [0, 0.1) is 24.2 Å². The van der Waals surface area contributed by atoms with E-state index in [0.29, 0.717) is 12.4 Å². The Morgan fingerprint density at radius 1 is 1.39 bits per heavy atom. The number of terminal acetylenes is 1. The zero-order valence-corrected chi connectivity index (χ0v) is 19.4. The molecular weight excluding hydrogens is 406 g/mol. The number of aliphatic imine (C=N–C) groups is 1. The predicted molar refractivity (Wildman–Crippen MR) is 140 cm³/mol. The van der Waals surface area contributed by atoms with Crippen molar-refractivity contribution >= 4 is 11.5 Å². The molecule has 2 unspecified atom stereocenters. The fourth-order valence-electron chi connectivity index (χ4n) is 4.58. The predicted octanol–water partition coefficient (Wildman–Crippen LogP) is 4.18. The number of nitrogens with two attached hydrogens (primary N) is 2. The molecule has 0 amide bonds. The van der Waals surface area contributed by atoms with Crippen molar-refractivity contribution in [2.45, 2.75) is 24.8 Å². The zero-order valence-electron chi connectivity index (χ0n) is 19.4. The van der Waals surface area contributed by atoms with Crippen molar-refractivity contribution in [3.63, 3.8) is 0 Å². The molecule has 33 heavy (non-hydrogen) atoms. The van der Waals surface area contributed by atoms with Gasteiger partial charge in [0.25, 0.3) is 0 Å². The number of allylic oxidation sites excluding steroid dienone is 8. The highest BCUT2D eigenvalue weighted by Crippen LogP contribution is 2.43. The van der Waals surface area contributed by atoms with Gasteiger partial charge in [-0.2, -0.15) is 5.10 Å². The summed E-state index contributed by atoms with van der Waals surface area (Å²) in [6, 6.07) is 0. The van der Waals surface area contributed by atoms with E-state index >= 15 is 0 Å². The van der Waals surface area contributed by atoms with Gasteiger partial charge in [0, 0.05) is 24.4 Å². The van der Waals surface area contributed by atoms with E-state index in [1.54, 1.807) is 12.2 Å². The lowest BCUT2D eigenvalue weighted by Crippen LogP contribution is -2.53. The van der Waals surface area contributed by atoms with Crippen LogP contribution >= 0.6 is 0 Å². The van der Waals surface area contributed by atoms with Gasteiger partial charge in [0.05, 0.1) is 18.2 Å². The van der Waals surface area contributed by atoms with E-state index in [-0.39, 0.29) is 11.5 Å². The second kappa shape index (κ2) is 10.3. The standard InChI is InChI=1S/C28H33N5/c1-6-10-21(7-2)25-17-22(8-3)27(32-30)33(5)16-9-15-31-26(25)23-11-13-24(14-12-23)28(29)18-20(4)19-28/h3,6-7,9-13,16-17,22,24H,1-2,4,14-15,18-19,29-30H2,5H3/b16-9-,21-10+,25-17-,31-26?,32-27-. The van der Waals surface area contributed by atoms with Gasteiger partial charge >= 0.3 is 0 Å². The molecular formula is C28H33N5. The summed E-state index contributed by atoms with van der Waals surface area (Å²) in [6.07, 6.45) is 26.3. The number of amidine groups is 1. The van der Waals surface area contributed by atoms with Crippen LogP contribution in [0.1, 0.15) is 19.3 Å². The van der Waals surface area contributed by atoms with E-state index in [1.807, 2.05) is 36.4 Å². The van der Waals surface area contributed by atoms with Crippen LogP contribution in [-0.4, -0.2) is 35.6 Å². The Kier molecular flexibility index (Phi) is 7.52. The number of hydrazone groups is 1. The quantitative estimate of drug-likeness (QED) is 0.222. The van der Waals surface area contributed by atoms with Gasteiger partial charge in [-0.05, 0) is 42.4 Å². The van der Waals surface area contributed by atoms with Crippen LogP contribution in [0.5, 0.6) is 0 Å². The van der Waals surface area contributed by atoms with Crippen molar-refractivity contribution in [1.82, 2.24) is 4.90 Å². The minimum atomic E-state index is -0.453. The van der Waals surface area contributed by atoms with E-state index in [4.69, 9.17) is 23.0 Å². The first kappa shape index (κ1) is 24.0. The van der Waals surface area contributed by atoms with Gasteiger partial charge < -0.3 is 16.5 Å². The van der Waals surface area contributed by atoms with Crippen LogP contribution in [0.15, 0.2) is 107 Å². The number of hydrogen-bond acceptors (Lipinski definition) is 4. The summed E-state index contributed by atoms with van der Waals surface area (Å²) < 4.78 is 0. The molecule has 0 saturated heterocycles. The third kappa shape index (κ3) is 5.08. The SMILES string of the molecule is C#CC1/C=C(/C(C=C)=C/C=C)C(C2=CCC(C3(N)CC(=C)C3)C=C2)=NC/C=C\N(C)/C1=N\N. The molecule has 1 heterocycles. The Morgan fingerprint density at radius 3 is 2.70 bits per heavy atom. The number of hydrogen-bond donors (Lipinski definition) is 2. The summed E-state index contributed by atoms with van der Waals surface area (Å²) in [5, 5.41) is 3.97. The summed E-state index contributed by atoms with van der Waals surface area (Å²) in [5.41, 5.74) is 11.2. The maximum absolute atomic E-state index is 6.61. The van der Waals surface area contributed by atoms with Crippen LogP contribution < -0.4 is 11.6 Å². The average Bonchev–Trinajstić information content (AvgIpc) is 2.80. The minimum Gasteiger partial charge on any atom is -0.337 e. The second-order valence-corrected chi connectivity index (χ2v) is 8.66. The zero-order chi connectivity index (χ0) is 24.0. The highest BCUT2D eigenvalue weighted by atomic mass is 15.2. The molecule has 3 aliphatic rings. The van der Waals surface area contributed by atoms with Gasteiger partial charge in [0.15, 0.2) is 0 Å². The summed E-state index contributed by atoms with van der Waals surface area (Å²) in [5.74, 6) is 8.91. The highest BCUT2D eigenvalue weighted by Gasteiger charge is 2.41. The largest absolute Gasteiger partial charge is 0.337 e. The van der Waals surface area contributed by atoms with Crippen LogP contribution in [-0.2, 0) is 0 Å². The lowest BCUT2D eigenvalue weighted by atomic mass is 9.64. The van der Waals surface area contributed by atoms with E-state index in [9.17, 15) is 0 Å². The molecule has 0 aromatic heterocycles. The molecule has 170 valence electrons. The van der Waals surface area contributed by atoms with E-state index in [0.717, 1.165) is 41.7 Å². The Morgan fingerprint density at radius 2 is 2.15 bits per heavy atom. The molecule has 1 fully saturated rings. The molecule has 0 bridgehead atoms. The summed E-state index contributed by atoms with van der Waals surface area (Å²) in [7, 11) is 1.87. The maximum Gasteiger partial charge on any atom is 0.147 e. The van der Waals surface area contributed by atoms with Gasteiger partial charge in [0.2, 0.25) is 0 Å². The molecule has 5 nitrogen and oxygen atoms in total. The van der Waals surface area contributed by atoms with Crippen LogP contribution in [0.2, 0.25) is 0 Å². The van der Waals surface area contributed by atoms with E-state index in [1.165, 1.54) is 5.57 Å². The smallest absolute Gasteiger partial charge is 0.147 e. The van der Waals surface area contributed by atoms with Crippen LogP contribution in [0.25, 0.3) is 0 Å². The average molecular weight is 440 g/mol. The molecule has 5 heteroatoms. The van der Waals surface area contributed by atoms with Gasteiger partial charge in [-0.3, -0.25) is 4.99 Å². The molecule has 1 saturated carbocycles. The topological polar surface area (TPSA) is 80.0 Å². The van der Waals surface area contributed by atoms with E-state index in [2.05, 4.69) is 49.0 Å². The van der Waals surface area contributed by atoms with Crippen molar-refractivity contribution in [3.05, 3.63) is 96.8 Å². The number of nitrogens with zero attached hydrogens (tertiary/aromatic N) is 3. The lowest BCUT2D eigenvalue weighted by molar-refractivity contribution is 0.249. The van der Waals surface area contributed by atoms with Crippen molar-refractivity contribution in [1.29, 1.82) is 0 Å². The fourth-order valence-corrected chi connectivity index (χ4v) is 4.58. The van der Waals surface area contributed by atoms with Crippen molar-refractivity contribution in [3.8, 4) is 12.3 Å². The van der Waals surface area contributed by atoms with E-state index < -0.39 is 5.92 Å². The lowest BCUT2D eigenvalue weighted by Gasteiger charge is -2.45. The van der Waals surface area contributed by atoms with Gasteiger partial charge in [-0.15, -0.1) is 6.42 Å². The molecule has 3 rings (SSSR count). The summed E-state index contributed by atoms with van der Waals surface area (Å²) >= 11 is 0. The summed E-state index contributed by atoms with van der Waals surface area (Å²) in [4.78, 5) is 6.76. The monoisotopic (exact) mass is 439 g/mol. The Bertz CT molecular complexity index is 1080. The van der Waals surface area contributed by atoms with Crippen molar-refractivity contribution in [2.75, 3.05) is 13.6 Å². The van der Waals surface area contributed by atoms with Crippen molar-refractivity contribution < 1.29 is 0 Å². The molecule has 0 aromatic carbocycles. The minimum absolute atomic E-state index is 0.199. The Labute approximate surface area is 197 Å². The molecule has 2 atom stereocenters. The van der Waals surface area contributed by atoms with Gasteiger partial charge in [-0.1, -0.05) is 73.8 Å². The fraction of sp³-hybridized carbons (Fsp3) is 0.286. The molecule has 0 spiro atoms. The summed E-state index contributed by atoms with van der Waals surface area (Å²) in [6.45, 7) is 12.4. The molecule has 4 N–H and O–H groups in total. The molecule has 1 aliphatic heterocycles. The normalized spacial score (nSPS) is 29.1. The highest BCUT2D eigenvalue weighted by molar-refractivity contribution is 6.17. The maximum atomic E-state index is 6.61. The second-order valence-electron chi connectivity index (χ2n) is 8.66. The first-order valence-electron chi connectivity index (χ1n) is 11.1. The Balaban J connectivity index is 2.07. The molecule has 0 radical (unpaired) electrons. The first-order valence-corrected chi connectivity index (χ1v) is 11.1.